The normalized spacial score (nSPS) is 21.5. The molecule has 3 aromatic rings. The minimum Gasteiger partial charge on any atom is -0.453 e. The summed E-state index contributed by atoms with van der Waals surface area (Å²) in [5.74, 6) is 0.0992. The van der Waals surface area contributed by atoms with Crippen molar-refractivity contribution in [2.24, 2.45) is 17.8 Å². The Bertz CT molecular complexity index is 2010. The van der Waals surface area contributed by atoms with Crippen molar-refractivity contribution >= 4 is 29.6 Å². The van der Waals surface area contributed by atoms with E-state index in [0.717, 1.165) is 47.4 Å². The third kappa shape index (κ3) is 10.0. The van der Waals surface area contributed by atoms with E-state index in [4.69, 9.17) is 9.47 Å². The number of aromatic amines is 2. The number of amides is 4. The number of halogens is 2. The number of nitrogens with zero attached hydrogens (tertiary/aromatic N) is 4. The quantitative estimate of drug-likeness (QED) is 0.141. The molecule has 1 aromatic carbocycles. The van der Waals surface area contributed by atoms with Gasteiger partial charge in [-0.3, -0.25) is 9.59 Å². The number of allylic oxidation sites excluding steroid dienone is 4. The Labute approximate surface area is 342 Å². The van der Waals surface area contributed by atoms with Crippen LogP contribution in [0.15, 0.2) is 54.9 Å². The summed E-state index contributed by atoms with van der Waals surface area (Å²) in [7, 11) is 2.50. The molecular formula is C42H54F2N8O7. The molecular weight excluding hydrogens is 767 g/mol. The second-order valence-corrected chi connectivity index (χ2v) is 16.0. The lowest BCUT2D eigenvalue weighted by atomic mass is 9.89. The minimum absolute atomic E-state index is 0.121. The van der Waals surface area contributed by atoms with Crippen LogP contribution in [-0.2, 0) is 23.8 Å². The van der Waals surface area contributed by atoms with E-state index in [9.17, 15) is 28.0 Å². The van der Waals surface area contributed by atoms with E-state index in [1.165, 1.54) is 14.2 Å². The van der Waals surface area contributed by atoms with Crippen molar-refractivity contribution in [1.29, 1.82) is 0 Å². The Hall–Kier alpha value is -5.58. The van der Waals surface area contributed by atoms with Gasteiger partial charge in [0, 0.05) is 24.9 Å². The topological polar surface area (TPSA) is 184 Å². The molecule has 0 radical (unpaired) electrons. The molecule has 6 atom stereocenters. The Morgan fingerprint density at radius 3 is 2.02 bits per heavy atom. The molecule has 4 N–H and O–H groups in total. The first kappa shape index (κ1) is 43.0. The number of rotatable bonds is 14. The maximum absolute atomic E-state index is 13.8. The van der Waals surface area contributed by atoms with Gasteiger partial charge in [-0.05, 0) is 54.2 Å². The van der Waals surface area contributed by atoms with E-state index in [1.807, 2.05) is 26.0 Å². The molecule has 0 saturated carbocycles. The molecule has 4 amide bonds. The van der Waals surface area contributed by atoms with Gasteiger partial charge in [-0.2, -0.15) is 8.78 Å². The first-order chi connectivity index (χ1) is 28.3. The summed E-state index contributed by atoms with van der Waals surface area (Å²) < 4.78 is 40.0. The second kappa shape index (κ2) is 19.0. The molecule has 2 saturated heterocycles. The van der Waals surface area contributed by atoms with Gasteiger partial charge in [0.05, 0.1) is 56.7 Å². The number of alkyl carbamates (subject to hydrolysis) is 2. The molecule has 1 aliphatic carbocycles. The number of methoxy groups -OCH3 is 2. The van der Waals surface area contributed by atoms with Crippen LogP contribution in [0.2, 0.25) is 0 Å². The van der Waals surface area contributed by atoms with Crippen molar-refractivity contribution in [2.45, 2.75) is 90.1 Å². The zero-order valence-electron chi connectivity index (χ0n) is 34.2. The molecule has 2 aromatic heterocycles. The average molecular weight is 821 g/mol. The largest absolute Gasteiger partial charge is 0.453 e. The molecule has 318 valence electrons. The minimum atomic E-state index is -2.93. The van der Waals surface area contributed by atoms with Crippen LogP contribution in [0.1, 0.15) is 94.3 Å². The predicted molar refractivity (Wildman–Crippen MR) is 214 cm³/mol. The Balaban J connectivity index is 1.10. The summed E-state index contributed by atoms with van der Waals surface area (Å²) in [5.41, 5.74) is 4.61. The van der Waals surface area contributed by atoms with E-state index in [0.29, 0.717) is 24.6 Å². The van der Waals surface area contributed by atoms with Crippen LogP contribution in [-0.4, -0.2) is 106 Å². The summed E-state index contributed by atoms with van der Waals surface area (Å²) in [6.45, 7) is 4.97. The zero-order chi connectivity index (χ0) is 42.4. The Morgan fingerprint density at radius 2 is 1.44 bits per heavy atom. The van der Waals surface area contributed by atoms with E-state index >= 15 is 0 Å². The number of likely N-dealkylation sites (tertiary alicyclic amines) is 2. The van der Waals surface area contributed by atoms with Crippen molar-refractivity contribution in [3.63, 3.8) is 0 Å². The third-order valence-corrected chi connectivity index (χ3v) is 11.3. The lowest BCUT2D eigenvalue weighted by Crippen LogP contribution is -2.51. The SMILES string of the molecule is COC(=O)N[C@H](C(=O)N1CCC[C@H]1c1ncc(C2=CCC(c3ccc(-c4cnc([C@@H]5C[C@@H](COC(F)F)CN5C(=O)[C@@H](NC(=O)OC)C(C)C)[nH]4)cc3)C=C2)[nH]1)C(C)C. The molecule has 17 heteroatoms. The maximum atomic E-state index is 13.8. The molecule has 0 bridgehead atoms. The number of hydrogen-bond donors (Lipinski definition) is 4. The summed E-state index contributed by atoms with van der Waals surface area (Å²) in [6, 6.07) is 5.78. The lowest BCUT2D eigenvalue weighted by molar-refractivity contribution is -0.139. The highest BCUT2D eigenvalue weighted by Gasteiger charge is 2.42. The number of carbonyl (C=O) groups excluding carboxylic acids is 4. The third-order valence-electron chi connectivity index (χ3n) is 11.3. The summed E-state index contributed by atoms with van der Waals surface area (Å²) in [4.78, 5) is 70.9. The molecule has 0 spiro atoms. The predicted octanol–water partition coefficient (Wildman–Crippen LogP) is 6.48. The van der Waals surface area contributed by atoms with Gasteiger partial charge in [-0.25, -0.2) is 19.6 Å². The van der Waals surface area contributed by atoms with Crippen molar-refractivity contribution in [3.05, 3.63) is 77.8 Å². The number of hydrogen-bond acceptors (Lipinski definition) is 9. The highest BCUT2D eigenvalue weighted by Crippen LogP contribution is 2.38. The maximum Gasteiger partial charge on any atom is 0.407 e. The number of imidazole rings is 2. The van der Waals surface area contributed by atoms with Gasteiger partial charge in [0.15, 0.2) is 0 Å². The van der Waals surface area contributed by atoms with Crippen LogP contribution in [0.4, 0.5) is 18.4 Å². The van der Waals surface area contributed by atoms with E-state index in [1.54, 1.807) is 36.0 Å². The highest BCUT2D eigenvalue weighted by atomic mass is 19.3. The average Bonchev–Trinajstić information content (AvgIpc) is 4.07. The van der Waals surface area contributed by atoms with Crippen LogP contribution in [0.25, 0.3) is 16.8 Å². The standard InChI is InChI=1S/C42H54F2N8O7/c1-23(2)34(49-41(55)57-5)38(53)51-17-7-8-32(51)36-45-19-30(47-36)28-13-9-26(10-14-28)27-11-15-29(16-12-27)31-20-46-37(48-31)33-18-25(22-59-40(43)44)21-52(33)39(54)35(24(3)4)50-42(56)58-6/h9,11-16,19-20,23-26,32-35,40H,7-8,10,17-18,21-22H2,1-6H3,(H,45,47)(H,46,48)(H,49,55)(H,50,56)/t25-,26?,32+,33+,34+,35+/m1/s1. The van der Waals surface area contributed by atoms with Crippen molar-refractivity contribution in [3.8, 4) is 11.3 Å². The van der Waals surface area contributed by atoms with Gasteiger partial charge >= 0.3 is 18.8 Å². The van der Waals surface area contributed by atoms with Gasteiger partial charge in [-0.1, -0.05) is 70.2 Å². The van der Waals surface area contributed by atoms with Crippen molar-refractivity contribution < 1.29 is 42.2 Å². The van der Waals surface area contributed by atoms with Crippen LogP contribution >= 0.6 is 0 Å². The van der Waals surface area contributed by atoms with Crippen LogP contribution < -0.4 is 10.6 Å². The number of aromatic nitrogens is 4. The molecule has 6 rings (SSSR count). The number of H-pyrrole nitrogens is 2. The number of benzene rings is 1. The van der Waals surface area contributed by atoms with Gasteiger partial charge < -0.3 is 44.6 Å². The molecule has 59 heavy (non-hydrogen) atoms. The van der Waals surface area contributed by atoms with Crippen LogP contribution in [0, 0.1) is 17.8 Å². The fraction of sp³-hybridized carbons (Fsp3) is 0.524. The fourth-order valence-corrected chi connectivity index (χ4v) is 8.11. The van der Waals surface area contributed by atoms with Gasteiger partial charge in [0.1, 0.15) is 23.7 Å². The first-order valence-electron chi connectivity index (χ1n) is 20.1. The Morgan fingerprint density at radius 1 is 0.847 bits per heavy atom. The summed E-state index contributed by atoms with van der Waals surface area (Å²) in [6.07, 6.45) is 11.2. The smallest absolute Gasteiger partial charge is 0.407 e. The van der Waals surface area contributed by atoms with Gasteiger partial charge in [-0.15, -0.1) is 0 Å². The summed E-state index contributed by atoms with van der Waals surface area (Å²) in [5, 5.41) is 5.29. The molecule has 3 aliphatic rings. The molecule has 1 unspecified atom stereocenters. The zero-order valence-corrected chi connectivity index (χ0v) is 34.2. The van der Waals surface area contributed by atoms with Crippen LogP contribution in [0.5, 0.6) is 0 Å². The highest BCUT2D eigenvalue weighted by molar-refractivity contribution is 5.87. The second-order valence-electron chi connectivity index (χ2n) is 16.0. The van der Waals surface area contributed by atoms with Gasteiger partial charge in [0.25, 0.3) is 0 Å². The number of carbonyl (C=O) groups is 4. The number of alkyl halides is 2. The van der Waals surface area contributed by atoms with Gasteiger partial charge in [0.2, 0.25) is 11.8 Å². The monoisotopic (exact) mass is 820 g/mol. The van der Waals surface area contributed by atoms with E-state index < -0.39 is 36.9 Å². The van der Waals surface area contributed by atoms with E-state index in [-0.39, 0.29) is 54.7 Å². The molecule has 2 fully saturated rings. The van der Waals surface area contributed by atoms with Crippen molar-refractivity contribution in [1.82, 2.24) is 40.4 Å². The Kier molecular flexibility index (Phi) is 13.8. The first-order valence-corrected chi connectivity index (χ1v) is 20.1. The number of nitrogens with one attached hydrogen (secondary N) is 4. The molecule has 4 heterocycles. The lowest BCUT2D eigenvalue weighted by Gasteiger charge is -2.30. The van der Waals surface area contributed by atoms with E-state index in [2.05, 4.69) is 65.7 Å². The number of ether oxygens (including phenoxy) is 3. The van der Waals surface area contributed by atoms with Crippen LogP contribution in [0.3, 0.4) is 0 Å². The fourth-order valence-electron chi connectivity index (χ4n) is 8.11. The molecule has 15 nitrogen and oxygen atoms in total. The van der Waals surface area contributed by atoms with Crippen molar-refractivity contribution in [2.75, 3.05) is 33.9 Å². The summed E-state index contributed by atoms with van der Waals surface area (Å²) >= 11 is 0. The molecule has 2 aliphatic heterocycles.